The summed E-state index contributed by atoms with van der Waals surface area (Å²) in [6.07, 6.45) is 0.194. The zero-order valence-electron chi connectivity index (χ0n) is 18.8. The Labute approximate surface area is 198 Å². The normalized spacial score (nSPS) is 25.4. The van der Waals surface area contributed by atoms with E-state index in [-0.39, 0.29) is 31.5 Å². The van der Waals surface area contributed by atoms with Gasteiger partial charge < -0.3 is 24.8 Å². The molecule has 0 saturated carbocycles. The van der Waals surface area contributed by atoms with E-state index in [0.717, 1.165) is 5.56 Å². The number of halogens is 1. The van der Waals surface area contributed by atoms with Gasteiger partial charge in [-0.1, -0.05) is 54.1 Å². The molecule has 4 rings (SSSR count). The minimum atomic E-state index is -0.825. The smallest absolute Gasteiger partial charge is 0.252 e. The Morgan fingerprint density at radius 3 is 2.55 bits per heavy atom. The van der Waals surface area contributed by atoms with E-state index >= 15 is 0 Å². The number of benzene rings is 2. The SMILES string of the molecule is CC1(C)O[C@@H]2[C@@H](CNC(=O)c3ccccc3Cl)OC[C@]2(CNC(=O)CCc2ccccc2)O1. The summed E-state index contributed by atoms with van der Waals surface area (Å²) >= 11 is 6.12. The van der Waals surface area contributed by atoms with Crippen molar-refractivity contribution in [2.45, 2.75) is 50.3 Å². The molecule has 2 aliphatic rings. The van der Waals surface area contributed by atoms with E-state index < -0.39 is 23.6 Å². The molecule has 2 heterocycles. The molecule has 2 aromatic carbocycles. The summed E-state index contributed by atoms with van der Waals surface area (Å²) in [6, 6.07) is 16.8. The molecule has 0 radical (unpaired) electrons. The van der Waals surface area contributed by atoms with E-state index in [1.807, 2.05) is 44.2 Å². The van der Waals surface area contributed by atoms with Crippen LogP contribution in [0.5, 0.6) is 0 Å². The first-order chi connectivity index (χ1) is 15.8. The fourth-order valence-electron chi connectivity index (χ4n) is 4.37. The van der Waals surface area contributed by atoms with Crippen LogP contribution in [0.25, 0.3) is 0 Å². The molecule has 33 heavy (non-hydrogen) atoms. The monoisotopic (exact) mass is 472 g/mol. The Kier molecular flexibility index (Phi) is 7.05. The lowest BCUT2D eigenvalue weighted by molar-refractivity contribution is -0.189. The first-order valence-electron chi connectivity index (χ1n) is 11.1. The van der Waals surface area contributed by atoms with Crippen LogP contribution in [0, 0.1) is 0 Å². The van der Waals surface area contributed by atoms with Gasteiger partial charge >= 0.3 is 0 Å². The molecule has 0 unspecified atom stereocenters. The Morgan fingerprint density at radius 1 is 1.06 bits per heavy atom. The topological polar surface area (TPSA) is 85.9 Å². The second-order valence-corrected chi connectivity index (χ2v) is 9.31. The van der Waals surface area contributed by atoms with Gasteiger partial charge in [0.1, 0.15) is 17.8 Å². The second-order valence-electron chi connectivity index (χ2n) is 8.91. The molecule has 176 valence electrons. The molecule has 0 aliphatic carbocycles. The van der Waals surface area contributed by atoms with Gasteiger partial charge in [-0.2, -0.15) is 0 Å². The maximum absolute atomic E-state index is 12.5. The molecule has 2 amide bonds. The van der Waals surface area contributed by atoms with Gasteiger partial charge in [0.05, 0.1) is 23.7 Å². The van der Waals surface area contributed by atoms with E-state index in [4.69, 9.17) is 25.8 Å². The number of nitrogens with one attached hydrogen (secondary N) is 2. The summed E-state index contributed by atoms with van der Waals surface area (Å²) in [5.41, 5.74) is 0.702. The third-order valence-electron chi connectivity index (χ3n) is 5.91. The predicted molar refractivity (Wildman–Crippen MR) is 124 cm³/mol. The molecular weight excluding hydrogens is 444 g/mol. The minimum absolute atomic E-state index is 0.0595. The van der Waals surface area contributed by atoms with Crippen molar-refractivity contribution in [3.8, 4) is 0 Å². The molecule has 2 saturated heterocycles. The lowest BCUT2D eigenvalue weighted by atomic mass is 9.96. The number of fused-ring (bicyclic) bond motifs is 1. The van der Waals surface area contributed by atoms with Gasteiger partial charge in [-0.25, -0.2) is 0 Å². The lowest BCUT2D eigenvalue weighted by Crippen LogP contribution is -2.52. The number of amides is 2. The largest absolute Gasteiger partial charge is 0.370 e. The maximum Gasteiger partial charge on any atom is 0.252 e. The van der Waals surface area contributed by atoms with Gasteiger partial charge in [0, 0.05) is 13.0 Å². The van der Waals surface area contributed by atoms with E-state index in [1.54, 1.807) is 24.3 Å². The fraction of sp³-hybridized carbons (Fsp3) is 0.440. The molecule has 8 heteroatoms. The van der Waals surface area contributed by atoms with Crippen LogP contribution < -0.4 is 10.6 Å². The minimum Gasteiger partial charge on any atom is -0.370 e. The van der Waals surface area contributed by atoms with Crippen molar-refractivity contribution in [3.63, 3.8) is 0 Å². The molecule has 0 aromatic heterocycles. The first kappa shape index (κ1) is 23.7. The average molecular weight is 473 g/mol. The first-order valence-corrected chi connectivity index (χ1v) is 11.5. The molecule has 2 aromatic rings. The van der Waals surface area contributed by atoms with Crippen molar-refractivity contribution in [2.24, 2.45) is 0 Å². The Morgan fingerprint density at radius 2 is 1.79 bits per heavy atom. The van der Waals surface area contributed by atoms with Crippen molar-refractivity contribution < 1.29 is 23.8 Å². The third-order valence-corrected chi connectivity index (χ3v) is 6.24. The average Bonchev–Trinajstić information content (AvgIpc) is 3.25. The molecular formula is C25H29ClN2O5. The van der Waals surface area contributed by atoms with Crippen LogP contribution in [0.4, 0.5) is 0 Å². The number of carbonyl (C=O) groups excluding carboxylic acids is 2. The highest BCUT2D eigenvalue weighted by atomic mass is 35.5. The standard InChI is InChI=1S/C25H29ClN2O5/c1-24(2)32-22-20(14-27-23(30)18-10-6-7-11-19(18)26)31-16-25(22,33-24)15-28-21(29)13-12-17-8-4-3-5-9-17/h3-11,20,22H,12-16H2,1-2H3,(H,27,30)(H,28,29)/t20-,22-,25+/m1/s1. The number of ether oxygens (including phenoxy) is 3. The highest BCUT2D eigenvalue weighted by molar-refractivity contribution is 6.33. The Hall–Kier alpha value is -2.45. The van der Waals surface area contributed by atoms with Crippen LogP contribution in [0.3, 0.4) is 0 Å². The van der Waals surface area contributed by atoms with Crippen molar-refractivity contribution >= 4 is 23.4 Å². The highest BCUT2D eigenvalue weighted by Gasteiger charge is 2.60. The van der Waals surface area contributed by atoms with Crippen molar-refractivity contribution in [3.05, 3.63) is 70.7 Å². The van der Waals surface area contributed by atoms with Gasteiger partial charge in [0.2, 0.25) is 5.91 Å². The Balaban J connectivity index is 1.34. The highest BCUT2D eigenvalue weighted by Crippen LogP contribution is 2.43. The van der Waals surface area contributed by atoms with Crippen LogP contribution in [0.15, 0.2) is 54.6 Å². The number of hydrogen-bond acceptors (Lipinski definition) is 5. The summed E-state index contributed by atoms with van der Waals surface area (Å²) in [4.78, 5) is 25.0. The maximum atomic E-state index is 12.5. The van der Waals surface area contributed by atoms with E-state index in [1.165, 1.54) is 0 Å². The molecule has 7 nitrogen and oxygen atoms in total. The molecule has 0 bridgehead atoms. The summed E-state index contributed by atoms with van der Waals surface area (Å²) in [7, 11) is 0. The number of rotatable bonds is 8. The van der Waals surface area contributed by atoms with E-state index in [2.05, 4.69) is 10.6 Å². The van der Waals surface area contributed by atoms with Gasteiger partial charge in [-0.15, -0.1) is 0 Å². The number of carbonyl (C=O) groups is 2. The molecule has 3 atom stereocenters. The van der Waals surface area contributed by atoms with Gasteiger partial charge in [-0.3, -0.25) is 9.59 Å². The Bertz CT molecular complexity index is 999. The summed E-state index contributed by atoms with van der Waals surface area (Å²) < 4.78 is 18.3. The molecule has 2 aliphatic heterocycles. The predicted octanol–water partition coefficient (Wildman–Crippen LogP) is 3.11. The van der Waals surface area contributed by atoms with Crippen molar-refractivity contribution in [1.29, 1.82) is 0 Å². The summed E-state index contributed by atoms with van der Waals surface area (Å²) in [5, 5.41) is 6.24. The third kappa shape index (κ3) is 5.55. The number of hydrogen-bond donors (Lipinski definition) is 2. The quantitative estimate of drug-likeness (QED) is 0.616. The molecule has 0 spiro atoms. The van der Waals surface area contributed by atoms with Crippen molar-refractivity contribution in [2.75, 3.05) is 19.7 Å². The zero-order chi connectivity index (χ0) is 23.5. The zero-order valence-corrected chi connectivity index (χ0v) is 19.6. The summed E-state index contributed by atoms with van der Waals surface area (Å²) in [5.74, 6) is -1.17. The van der Waals surface area contributed by atoms with E-state index in [9.17, 15) is 9.59 Å². The second kappa shape index (κ2) is 9.81. The lowest BCUT2D eigenvalue weighted by Gasteiger charge is -2.27. The van der Waals surface area contributed by atoms with Gasteiger partial charge in [0.25, 0.3) is 5.91 Å². The van der Waals surface area contributed by atoms with Gasteiger partial charge in [-0.05, 0) is 38.0 Å². The molecule has 2 N–H and O–H groups in total. The van der Waals surface area contributed by atoms with Crippen LogP contribution in [0.2, 0.25) is 5.02 Å². The molecule has 2 fully saturated rings. The van der Waals surface area contributed by atoms with Crippen LogP contribution >= 0.6 is 11.6 Å². The fourth-order valence-corrected chi connectivity index (χ4v) is 4.59. The van der Waals surface area contributed by atoms with Crippen LogP contribution in [-0.2, 0) is 25.4 Å². The van der Waals surface area contributed by atoms with Crippen LogP contribution in [0.1, 0.15) is 36.2 Å². The number of aryl methyl sites for hydroxylation is 1. The summed E-state index contributed by atoms with van der Waals surface area (Å²) in [6.45, 7) is 4.43. The van der Waals surface area contributed by atoms with E-state index in [0.29, 0.717) is 23.4 Å². The van der Waals surface area contributed by atoms with Crippen molar-refractivity contribution in [1.82, 2.24) is 10.6 Å². The van der Waals surface area contributed by atoms with Crippen LogP contribution in [-0.4, -0.2) is 55.1 Å². The van der Waals surface area contributed by atoms with Gasteiger partial charge in [0.15, 0.2) is 5.79 Å².